The van der Waals surface area contributed by atoms with Crippen LogP contribution in [0.5, 0.6) is 0 Å². The minimum Gasteiger partial charge on any atom is -0.325 e. The lowest BCUT2D eigenvalue weighted by atomic mass is 9.90. The van der Waals surface area contributed by atoms with Crippen molar-refractivity contribution in [1.29, 1.82) is 0 Å². The standard InChI is InChI=1S/C17H17FN2O/c1-11-6-7-13(18)8-16(11)20-17(21)15-10-19-9-12-4-2-3-5-14(12)15/h2-8,15,19H,9-10H2,1H3,(H,20,21). The summed E-state index contributed by atoms with van der Waals surface area (Å²) in [5.41, 5.74) is 3.56. The average Bonchev–Trinajstić information content (AvgIpc) is 2.50. The van der Waals surface area contributed by atoms with Crippen molar-refractivity contribution in [2.24, 2.45) is 0 Å². The summed E-state index contributed by atoms with van der Waals surface area (Å²) in [6.07, 6.45) is 0. The molecule has 108 valence electrons. The van der Waals surface area contributed by atoms with Crippen molar-refractivity contribution >= 4 is 11.6 Å². The number of benzene rings is 2. The van der Waals surface area contributed by atoms with Gasteiger partial charge in [0.15, 0.2) is 0 Å². The molecule has 0 bridgehead atoms. The van der Waals surface area contributed by atoms with Crippen LogP contribution < -0.4 is 10.6 Å². The molecule has 2 aromatic rings. The summed E-state index contributed by atoms with van der Waals surface area (Å²) in [7, 11) is 0. The molecule has 0 saturated heterocycles. The highest BCUT2D eigenvalue weighted by atomic mass is 19.1. The van der Waals surface area contributed by atoms with E-state index >= 15 is 0 Å². The first-order chi connectivity index (χ1) is 10.1. The summed E-state index contributed by atoms with van der Waals surface area (Å²) in [5.74, 6) is -0.709. The highest BCUT2D eigenvalue weighted by Crippen LogP contribution is 2.26. The van der Waals surface area contributed by atoms with Crippen LogP contribution in [0.3, 0.4) is 0 Å². The third-order valence-electron chi connectivity index (χ3n) is 3.87. The SMILES string of the molecule is Cc1ccc(F)cc1NC(=O)C1CNCc2ccccc21. The van der Waals surface area contributed by atoms with E-state index < -0.39 is 0 Å². The monoisotopic (exact) mass is 284 g/mol. The van der Waals surface area contributed by atoms with E-state index in [0.29, 0.717) is 12.2 Å². The average molecular weight is 284 g/mol. The van der Waals surface area contributed by atoms with Crippen LogP contribution in [0.2, 0.25) is 0 Å². The molecule has 1 amide bonds. The Morgan fingerprint density at radius 3 is 2.95 bits per heavy atom. The smallest absolute Gasteiger partial charge is 0.233 e. The van der Waals surface area contributed by atoms with Crippen molar-refractivity contribution in [3.63, 3.8) is 0 Å². The molecular weight excluding hydrogens is 267 g/mol. The minimum atomic E-state index is -0.349. The van der Waals surface area contributed by atoms with Gasteiger partial charge in [-0.05, 0) is 35.7 Å². The number of aryl methyl sites for hydroxylation is 1. The molecule has 1 heterocycles. The summed E-state index contributed by atoms with van der Waals surface area (Å²) < 4.78 is 13.3. The molecule has 2 aromatic carbocycles. The number of nitrogens with one attached hydrogen (secondary N) is 2. The highest BCUT2D eigenvalue weighted by Gasteiger charge is 2.26. The zero-order chi connectivity index (χ0) is 14.8. The van der Waals surface area contributed by atoms with E-state index in [-0.39, 0.29) is 17.6 Å². The van der Waals surface area contributed by atoms with Crippen molar-refractivity contribution in [2.75, 3.05) is 11.9 Å². The second-order valence-electron chi connectivity index (χ2n) is 5.33. The Labute approximate surface area is 123 Å². The van der Waals surface area contributed by atoms with Crippen LogP contribution in [0, 0.1) is 12.7 Å². The quantitative estimate of drug-likeness (QED) is 0.890. The van der Waals surface area contributed by atoms with Gasteiger partial charge in [0.2, 0.25) is 5.91 Å². The Bertz CT molecular complexity index is 684. The van der Waals surface area contributed by atoms with Crippen molar-refractivity contribution < 1.29 is 9.18 Å². The molecule has 21 heavy (non-hydrogen) atoms. The summed E-state index contributed by atoms with van der Waals surface area (Å²) in [5, 5.41) is 6.09. The maximum Gasteiger partial charge on any atom is 0.233 e. The summed E-state index contributed by atoms with van der Waals surface area (Å²) >= 11 is 0. The van der Waals surface area contributed by atoms with Gasteiger partial charge in [0.1, 0.15) is 5.82 Å². The number of anilines is 1. The molecule has 1 unspecified atom stereocenters. The molecule has 2 N–H and O–H groups in total. The number of carbonyl (C=O) groups is 1. The van der Waals surface area contributed by atoms with Gasteiger partial charge in [-0.3, -0.25) is 4.79 Å². The van der Waals surface area contributed by atoms with Crippen LogP contribution >= 0.6 is 0 Å². The van der Waals surface area contributed by atoms with E-state index in [1.165, 1.54) is 12.1 Å². The van der Waals surface area contributed by atoms with Gasteiger partial charge in [-0.2, -0.15) is 0 Å². The Hall–Kier alpha value is -2.20. The van der Waals surface area contributed by atoms with E-state index in [9.17, 15) is 9.18 Å². The second kappa shape index (κ2) is 5.66. The predicted octanol–water partition coefficient (Wildman–Crippen LogP) is 2.96. The largest absolute Gasteiger partial charge is 0.325 e. The van der Waals surface area contributed by atoms with Gasteiger partial charge >= 0.3 is 0 Å². The van der Waals surface area contributed by atoms with Gasteiger partial charge in [0.25, 0.3) is 0 Å². The third-order valence-corrected chi connectivity index (χ3v) is 3.87. The maximum absolute atomic E-state index is 13.3. The molecule has 3 nitrogen and oxygen atoms in total. The third kappa shape index (κ3) is 2.81. The number of carbonyl (C=O) groups excluding carboxylic acids is 1. The van der Waals surface area contributed by atoms with Crippen molar-refractivity contribution in [2.45, 2.75) is 19.4 Å². The number of halogens is 1. The van der Waals surface area contributed by atoms with E-state index in [0.717, 1.165) is 23.2 Å². The Morgan fingerprint density at radius 2 is 2.10 bits per heavy atom. The molecule has 0 saturated carbocycles. The zero-order valence-corrected chi connectivity index (χ0v) is 11.8. The van der Waals surface area contributed by atoms with Crippen molar-refractivity contribution in [3.05, 3.63) is 65.0 Å². The normalized spacial score (nSPS) is 17.1. The molecule has 1 aliphatic heterocycles. The lowest BCUT2D eigenvalue weighted by Gasteiger charge is -2.25. The predicted molar refractivity (Wildman–Crippen MR) is 80.7 cm³/mol. The van der Waals surface area contributed by atoms with Gasteiger partial charge in [0.05, 0.1) is 5.92 Å². The molecule has 4 heteroatoms. The van der Waals surface area contributed by atoms with Gasteiger partial charge in [-0.15, -0.1) is 0 Å². The van der Waals surface area contributed by atoms with Crippen LogP contribution in [-0.2, 0) is 11.3 Å². The van der Waals surface area contributed by atoms with E-state index in [1.807, 2.05) is 31.2 Å². The van der Waals surface area contributed by atoms with Crippen molar-refractivity contribution in [3.8, 4) is 0 Å². The Kier molecular flexibility index (Phi) is 3.71. The number of rotatable bonds is 2. The maximum atomic E-state index is 13.3. The Morgan fingerprint density at radius 1 is 1.29 bits per heavy atom. The van der Waals surface area contributed by atoms with Gasteiger partial charge in [-0.1, -0.05) is 30.3 Å². The first kappa shape index (κ1) is 13.8. The number of hydrogen-bond donors (Lipinski definition) is 2. The van der Waals surface area contributed by atoms with Crippen LogP contribution in [0.25, 0.3) is 0 Å². The molecule has 0 fully saturated rings. The zero-order valence-electron chi connectivity index (χ0n) is 11.8. The molecule has 1 aliphatic rings. The van der Waals surface area contributed by atoms with E-state index in [2.05, 4.69) is 10.6 Å². The summed E-state index contributed by atoms with van der Waals surface area (Å²) in [4.78, 5) is 12.5. The van der Waals surface area contributed by atoms with E-state index in [4.69, 9.17) is 0 Å². The minimum absolute atomic E-state index is 0.108. The fourth-order valence-corrected chi connectivity index (χ4v) is 2.68. The topological polar surface area (TPSA) is 41.1 Å². The van der Waals surface area contributed by atoms with Gasteiger partial charge in [0, 0.05) is 18.8 Å². The van der Waals surface area contributed by atoms with E-state index in [1.54, 1.807) is 6.07 Å². The van der Waals surface area contributed by atoms with Crippen LogP contribution in [-0.4, -0.2) is 12.5 Å². The fraction of sp³-hybridized carbons (Fsp3) is 0.235. The Balaban J connectivity index is 1.85. The summed E-state index contributed by atoms with van der Waals surface area (Å²) in [6, 6.07) is 12.3. The second-order valence-corrected chi connectivity index (χ2v) is 5.33. The van der Waals surface area contributed by atoms with Crippen LogP contribution in [0.4, 0.5) is 10.1 Å². The lowest BCUT2D eigenvalue weighted by Crippen LogP contribution is -2.35. The van der Waals surface area contributed by atoms with Gasteiger partial charge < -0.3 is 10.6 Å². The molecular formula is C17H17FN2O. The number of amides is 1. The van der Waals surface area contributed by atoms with Gasteiger partial charge in [-0.25, -0.2) is 4.39 Å². The van der Waals surface area contributed by atoms with Crippen LogP contribution in [0.1, 0.15) is 22.6 Å². The first-order valence-corrected chi connectivity index (χ1v) is 7.00. The fourth-order valence-electron chi connectivity index (χ4n) is 2.68. The molecule has 0 aromatic heterocycles. The van der Waals surface area contributed by atoms with Crippen molar-refractivity contribution in [1.82, 2.24) is 5.32 Å². The molecule has 0 spiro atoms. The lowest BCUT2D eigenvalue weighted by molar-refractivity contribution is -0.117. The number of hydrogen-bond acceptors (Lipinski definition) is 2. The molecule has 0 aliphatic carbocycles. The summed E-state index contributed by atoms with van der Waals surface area (Å²) in [6.45, 7) is 3.22. The molecule has 0 radical (unpaired) electrons. The molecule has 3 rings (SSSR count). The highest BCUT2D eigenvalue weighted by molar-refractivity contribution is 5.97. The first-order valence-electron chi connectivity index (χ1n) is 7.00. The number of fused-ring (bicyclic) bond motifs is 1. The molecule has 1 atom stereocenters. The van der Waals surface area contributed by atoms with Crippen LogP contribution in [0.15, 0.2) is 42.5 Å².